The Morgan fingerprint density at radius 3 is 2.88 bits per heavy atom. The summed E-state index contributed by atoms with van der Waals surface area (Å²) >= 11 is 0. The van der Waals surface area contributed by atoms with Crippen LogP contribution < -0.4 is 5.32 Å². The monoisotopic (exact) mass is 219 g/mol. The molecule has 0 fully saturated rings. The van der Waals surface area contributed by atoms with Gasteiger partial charge in [-0.1, -0.05) is 6.92 Å². The summed E-state index contributed by atoms with van der Waals surface area (Å²) in [5.74, 6) is 1.68. The number of aromatic nitrogens is 4. The van der Waals surface area contributed by atoms with E-state index in [0.29, 0.717) is 0 Å². The van der Waals surface area contributed by atoms with Crippen LogP contribution in [0.4, 0.5) is 11.8 Å². The molecule has 86 valence electrons. The Morgan fingerprint density at radius 1 is 1.44 bits per heavy atom. The average molecular weight is 219 g/mol. The molecule has 2 aromatic rings. The van der Waals surface area contributed by atoms with Crippen LogP contribution in [0.3, 0.4) is 0 Å². The zero-order chi connectivity index (χ0) is 11.5. The highest BCUT2D eigenvalue weighted by Crippen LogP contribution is 2.14. The topological polar surface area (TPSA) is 47.7 Å². The molecule has 2 aromatic heterocycles. The number of nitrogens with one attached hydrogen (secondary N) is 1. The fraction of sp³-hybridized carbons (Fsp3) is 0.455. The van der Waals surface area contributed by atoms with E-state index < -0.39 is 0 Å². The molecule has 0 aliphatic rings. The van der Waals surface area contributed by atoms with Crippen molar-refractivity contribution in [3.8, 4) is 0 Å². The van der Waals surface area contributed by atoms with E-state index in [1.807, 2.05) is 26.2 Å². The predicted octanol–water partition coefficient (Wildman–Crippen LogP) is 2.08. The van der Waals surface area contributed by atoms with Crippen LogP contribution in [0.1, 0.15) is 19.0 Å². The lowest BCUT2D eigenvalue weighted by Crippen LogP contribution is -2.03. The third kappa shape index (κ3) is 2.24. The summed E-state index contributed by atoms with van der Waals surface area (Å²) < 4.78 is 3.88. The van der Waals surface area contributed by atoms with E-state index in [9.17, 15) is 0 Å². The summed E-state index contributed by atoms with van der Waals surface area (Å²) in [7, 11) is 1.90. The highest BCUT2D eigenvalue weighted by molar-refractivity contribution is 5.47. The zero-order valence-electron chi connectivity index (χ0n) is 9.94. The van der Waals surface area contributed by atoms with E-state index in [-0.39, 0.29) is 0 Å². The van der Waals surface area contributed by atoms with Gasteiger partial charge in [-0.2, -0.15) is 5.10 Å². The van der Waals surface area contributed by atoms with Crippen LogP contribution in [-0.4, -0.2) is 19.3 Å². The first-order valence-electron chi connectivity index (χ1n) is 5.49. The van der Waals surface area contributed by atoms with Crippen molar-refractivity contribution in [3.05, 3.63) is 24.2 Å². The minimum absolute atomic E-state index is 0.824. The number of imidazole rings is 1. The van der Waals surface area contributed by atoms with E-state index in [4.69, 9.17) is 0 Å². The fourth-order valence-electron chi connectivity index (χ4n) is 1.65. The third-order valence-electron chi connectivity index (χ3n) is 2.31. The number of rotatable bonds is 4. The Labute approximate surface area is 95.1 Å². The number of hydrogen-bond donors (Lipinski definition) is 1. The fourth-order valence-corrected chi connectivity index (χ4v) is 1.65. The van der Waals surface area contributed by atoms with Crippen molar-refractivity contribution in [1.82, 2.24) is 19.3 Å². The Balaban J connectivity index is 2.19. The van der Waals surface area contributed by atoms with Gasteiger partial charge in [0.2, 0.25) is 5.95 Å². The molecule has 0 amide bonds. The van der Waals surface area contributed by atoms with E-state index in [1.165, 1.54) is 0 Å². The minimum Gasteiger partial charge on any atom is -0.317 e. The van der Waals surface area contributed by atoms with Crippen molar-refractivity contribution >= 4 is 11.8 Å². The van der Waals surface area contributed by atoms with Crippen LogP contribution in [-0.2, 0) is 13.6 Å². The predicted molar refractivity (Wildman–Crippen MR) is 63.7 cm³/mol. The van der Waals surface area contributed by atoms with Crippen LogP contribution in [0.5, 0.6) is 0 Å². The van der Waals surface area contributed by atoms with Crippen LogP contribution in [0, 0.1) is 6.92 Å². The first-order chi connectivity index (χ1) is 7.69. The lowest BCUT2D eigenvalue weighted by Gasteiger charge is -2.05. The van der Waals surface area contributed by atoms with Gasteiger partial charge in [0, 0.05) is 32.1 Å². The highest BCUT2D eigenvalue weighted by Gasteiger charge is 2.06. The molecule has 0 spiro atoms. The average Bonchev–Trinajstić information content (AvgIpc) is 2.76. The lowest BCUT2D eigenvalue weighted by molar-refractivity contribution is 0.685. The molecule has 0 aliphatic carbocycles. The molecule has 0 atom stereocenters. The Morgan fingerprint density at radius 2 is 2.25 bits per heavy atom. The van der Waals surface area contributed by atoms with E-state index in [2.05, 4.69) is 33.1 Å². The summed E-state index contributed by atoms with van der Waals surface area (Å²) in [6.07, 6.45) is 5.05. The summed E-state index contributed by atoms with van der Waals surface area (Å²) in [6, 6.07) is 1.93. The van der Waals surface area contributed by atoms with Gasteiger partial charge in [0.25, 0.3) is 0 Å². The lowest BCUT2D eigenvalue weighted by atomic mass is 10.5. The van der Waals surface area contributed by atoms with Crippen molar-refractivity contribution < 1.29 is 0 Å². The summed E-state index contributed by atoms with van der Waals surface area (Å²) in [4.78, 5) is 4.44. The molecule has 0 saturated carbocycles. The molecule has 0 radical (unpaired) electrons. The first kappa shape index (κ1) is 10.7. The molecule has 0 aromatic carbocycles. The maximum Gasteiger partial charge on any atom is 0.208 e. The van der Waals surface area contributed by atoms with Gasteiger partial charge >= 0.3 is 0 Å². The maximum absolute atomic E-state index is 4.44. The molecular formula is C11H17N5. The number of hydrogen-bond acceptors (Lipinski definition) is 3. The van der Waals surface area contributed by atoms with Crippen molar-refractivity contribution in [1.29, 1.82) is 0 Å². The second-order valence-electron chi connectivity index (χ2n) is 3.90. The van der Waals surface area contributed by atoms with Crippen molar-refractivity contribution in [2.24, 2.45) is 7.05 Å². The quantitative estimate of drug-likeness (QED) is 0.856. The number of aryl methyl sites for hydroxylation is 3. The van der Waals surface area contributed by atoms with E-state index in [0.717, 1.165) is 30.4 Å². The van der Waals surface area contributed by atoms with Crippen LogP contribution >= 0.6 is 0 Å². The van der Waals surface area contributed by atoms with Gasteiger partial charge in [-0.15, -0.1) is 0 Å². The standard InChI is InChI=1S/C11H17N5/c1-4-6-16-8-9(2)12-11(16)13-10-5-7-15(3)14-10/h5,7-8H,4,6H2,1-3H3,(H,12,13,14). The van der Waals surface area contributed by atoms with Gasteiger partial charge < -0.3 is 9.88 Å². The van der Waals surface area contributed by atoms with Gasteiger partial charge in [0.15, 0.2) is 5.82 Å². The second-order valence-corrected chi connectivity index (χ2v) is 3.90. The molecule has 0 bridgehead atoms. The normalized spacial score (nSPS) is 10.7. The Kier molecular flexibility index (Phi) is 2.94. The Hall–Kier alpha value is -1.78. The number of nitrogens with zero attached hydrogens (tertiary/aromatic N) is 4. The molecule has 0 aliphatic heterocycles. The largest absolute Gasteiger partial charge is 0.317 e. The summed E-state index contributed by atoms with van der Waals surface area (Å²) in [6.45, 7) is 5.12. The zero-order valence-corrected chi connectivity index (χ0v) is 9.94. The maximum atomic E-state index is 4.44. The molecule has 5 heteroatoms. The van der Waals surface area contributed by atoms with Crippen molar-refractivity contribution in [3.63, 3.8) is 0 Å². The molecule has 5 nitrogen and oxygen atoms in total. The summed E-state index contributed by atoms with van der Waals surface area (Å²) in [5.41, 5.74) is 1.02. The SMILES string of the molecule is CCCn1cc(C)nc1Nc1ccn(C)n1. The summed E-state index contributed by atoms with van der Waals surface area (Å²) in [5, 5.41) is 7.49. The molecule has 16 heavy (non-hydrogen) atoms. The molecule has 0 unspecified atom stereocenters. The smallest absolute Gasteiger partial charge is 0.208 e. The van der Waals surface area contributed by atoms with Crippen LogP contribution in [0.15, 0.2) is 18.5 Å². The van der Waals surface area contributed by atoms with Gasteiger partial charge in [0.1, 0.15) is 0 Å². The molecule has 2 heterocycles. The van der Waals surface area contributed by atoms with Gasteiger partial charge in [-0.3, -0.25) is 4.68 Å². The third-order valence-corrected chi connectivity index (χ3v) is 2.31. The first-order valence-corrected chi connectivity index (χ1v) is 5.49. The van der Waals surface area contributed by atoms with Gasteiger partial charge in [-0.05, 0) is 13.3 Å². The molecule has 1 N–H and O–H groups in total. The Bertz CT molecular complexity index is 468. The van der Waals surface area contributed by atoms with E-state index >= 15 is 0 Å². The van der Waals surface area contributed by atoms with Crippen LogP contribution in [0.25, 0.3) is 0 Å². The van der Waals surface area contributed by atoms with Gasteiger partial charge in [0.05, 0.1) is 5.69 Å². The highest BCUT2D eigenvalue weighted by atomic mass is 15.3. The van der Waals surface area contributed by atoms with Crippen molar-refractivity contribution in [2.45, 2.75) is 26.8 Å². The van der Waals surface area contributed by atoms with Gasteiger partial charge in [-0.25, -0.2) is 4.98 Å². The molecule has 0 saturated heterocycles. The molecular weight excluding hydrogens is 202 g/mol. The minimum atomic E-state index is 0.824. The van der Waals surface area contributed by atoms with Crippen LogP contribution in [0.2, 0.25) is 0 Å². The van der Waals surface area contributed by atoms with Crippen molar-refractivity contribution in [2.75, 3.05) is 5.32 Å². The number of anilines is 2. The van der Waals surface area contributed by atoms with E-state index in [1.54, 1.807) is 4.68 Å². The second kappa shape index (κ2) is 4.38. The molecule has 2 rings (SSSR count).